The highest BCUT2D eigenvalue weighted by atomic mass is 35.5. The summed E-state index contributed by atoms with van der Waals surface area (Å²) in [7, 11) is -3.14. The van der Waals surface area contributed by atoms with Gasteiger partial charge in [-0.15, -0.1) is 0 Å². The first-order valence-corrected chi connectivity index (χ1v) is 14.2. The minimum absolute atomic E-state index is 0.0598. The number of rotatable bonds is 11. The Morgan fingerprint density at radius 2 is 1.57 bits per heavy atom. The zero-order valence-electron chi connectivity index (χ0n) is 21.9. The van der Waals surface area contributed by atoms with Gasteiger partial charge in [0.1, 0.15) is 12.6 Å². The van der Waals surface area contributed by atoms with E-state index in [0.29, 0.717) is 16.8 Å². The number of sulfonamides is 1. The van der Waals surface area contributed by atoms with Crippen molar-refractivity contribution in [3.8, 4) is 0 Å². The molecule has 2 amide bonds. The third kappa shape index (κ3) is 7.33. The lowest BCUT2D eigenvalue weighted by atomic mass is 10.1. The number of benzene rings is 3. The Morgan fingerprint density at radius 1 is 0.975 bits per heavy atom. The molecule has 0 radical (unpaired) electrons. The van der Waals surface area contributed by atoms with Crippen molar-refractivity contribution in [1.29, 1.82) is 0 Å². The predicted molar refractivity (Wildman–Crippen MR) is 147 cm³/mol. The molecule has 12 heteroatoms. The molecule has 7 nitrogen and oxygen atoms in total. The Hall–Kier alpha value is -3.57. The second kappa shape index (κ2) is 13.2. The van der Waals surface area contributed by atoms with Gasteiger partial charge in [-0.25, -0.2) is 8.42 Å². The maximum atomic E-state index is 13.8. The van der Waals surface area contributed by atoms with E-state index in [0.717, 1.165) is 17.7 Å². The van der Waals surface area contributed by atoms with Crippen LogP contribution in [0.3, 0.4) is 0 Å². The van der Waals surface area contributed by atoms with E-state index >= 15 is 0 Å². The van der Waals surface area contributed by atoms with Gasteiger partial charge in [0, 0.05) is 13.6 Å². The number of nitrogens with zero attached hydrogens (tertiary/aromatic N) is 2. The third-order valence-electron chi connectivity index (χ3n) is 6.27. The molecule has 3 aromatic carbocycles. The molecular formula is C28H29ClF3N3O4S. The van der Waals surface area contributed by atoms with Crippen LogP contribution in [0.15, 0.2) is 83.8 Å². The number of hydrogen-bond donors (Lipinski definition) is 1. The topological polar surface area (TPSA) is 86.8 Å². The van der Waals surface area contributed by atoms with Crippen LogP contribution in [0.25, 0.3) is 0 Å². The first-order valence-electron chi connectivity index (χ1n) is 12.4. The molecule has 1 atom stereocenters. The van der Waals surface area contributed by atoms with Gasteiger partial charge in [0.2, 0.25) is 11.8 Å². The fourth-order valence-corrected chi connectivity index (χ4v) is 5.89. The van der Waals surface area contributed by atoms with E-state index in [-0.39, 0.29) is 22.9 Å². The molecule has 0 aliphatic heterocycles. The van der Waals surface area contributed by atoms with Crippen molar-refractivity contribution < 1.29 is 31.2 Å². The van der Waals surface area contributed by atoms with Crippen molar-refractivity contribution in [2.75, 3.05) is 24.4 Å². The number of carbonyl (C=O) groups excluding carboxylic acids is 2. The maximum Gasteiger partial charge on any atom is 0.416 e. The van der Waals surface area contributed by atoms with Crippen LogP contribution in [0, 0.1) is 0 Å². The molecule has 40 heavy (non-hydrogen) atoms. The minimum atomic E-state index is -4.79. The van der Waals surface area contributed by atoms with E-state index in [1.54, 1.807) is 13.0 Å². The summed E-state index contributed by atoms with van der Waals surface area (Å²) in [5.74, 6) is -1.24. The summed E-state index contributed by atoms with van der Waals surface area (Å²) >= 11 is 6.24. The summed E-state index contributed by atoms with van der Waals surface area (Å²) in [6.07, 6.45) is -4.22. The molecule has 0 aromatic heterocycles. The van der Waals surface area contributed by atoms with Crippen LogP contribution in [-0.4, -0.2) is 51.3 Å². The average Bonchev–Trinajstić information content (AvgIpc) is 2.94. The molecule has 0 spiro atoms. The first kappa shape index (κ1) is 31.0. The standard InChI is InChI=1S/C28H29ClF3N3O4S/c1-3-24(27(37)33-2)34(17-16-20-10-6-4-7-11-20)26(36)19-35(40(38,39)22-12-8-5-9-13-22)25-18-21(28(30,31)32)14-15-23(25)29/h4-15,18,24H,3,16-17,19H2,1-2H3,(H,33,37)/t24-/m0/s1. The monoisotopic (exact) mass is 595 g/mol. The molecule has 214 valence electrons. The van der Waals surface area contributed by atoms with Crippen molar-refractivity contribution in [3.63, 3.8) is 0 Å². The van der Waals surface area contributed by atoms with E-state index in [1.165, 1.54) is 36.2 Å². The van der Waals surface area contributed by atoms with Crippen LogP contribution in [0.2, 0.25) is 5.02 Å². The lowest BCUT2D eigenvalue weighted by Gasteiger charge is -2.33. The number of anilines is 1. The lowest BCUT2D eigenvalue weighted by molar-refractivity contribution is -0.139. The van der Waals surface area contributed by atoms with E-state index in [1.807, 2.05) is 30.3 Å². The SMILES string of the molecule is CC[C@@H](C(=O)NC)N(CCc1ccccc1)C(=O)CN(c1cc(C(F)(F)F)ccc1Cl)S(=O)(=O)c1ccccc1. The lowest BCUT2D eigenvalue weighted by Crippen LogP contribution is -2.52. The van der Waals surface area contributed by atoms with Crippen LogP contribution in [0.1, 0.15) is 24.5 Å². The van der Waals surface area contributed by atoms with Gasteiger partial charge < -0.3 is 10.2 Å². The summed E-state index contributed by atoms with van der Waals surface area (Å²) in [5, 5.41) is 2.22. The number of halogens is 4. The Balaban J connectivity index is 2.10. The largest absolute Gasteiger partial charge is 0.416 e. The summed E-state index contributed by atoms with van der Waals surface area (Å²) < 4.78 is 68.8. The smallest absolute Gasteiger partial charge is 0.357 e. The van der Waals surface area contributed by atoms with Crippen molar-refractivity contribution in [3.05, 3.63) is 95.0 Å². The van der Waals surface area contributed by atoms with Crippen molar-refractivity contribution in [1.82, 2.24) is 10.2 Å². The van der Waals surface area contributed by atoms with Gasteiger partial charge in [-0.05, 0) is 48.7 Å². The molecule has 0 unspecified atom stereocenters. The van der Waals surface area contributed by atoms with Crippen LogP contribution >= 0.6 is 11.6 Å². The summed E-state index contributed by atoms with van der Waals surface area (Å²) in [4.78, 5) is 27.5. The van der Waals surface area contributed by atoms with Crippen LogP contribution in [0.5, 0.6) is 0 Å². The van der Waals surface area contributed by atoms with Gasteiger partial charge >= 0.3 is 6.18 Å². The van der Waals surface area contributed by atoms with Gasteiger partial charge in [-0.3, -0.25) is 13.9 Å². The summed E-state index contributed by atoms with van der Waals surface area (Å²) in [6.45, 7) is 0.871. The predicted octanol–water partition coefficient (Wildman–Crippen LogP) is 5.15. The number of likely N-dealkylation sites (N-methyl/N-ethyl adjacent to an activating group) is 1. The van der Waals surface area contributed by atoms with Crippen molar-refractivity contribution >= 4 is 39.1 Å². The average molecular weight is 596 g/mol. The molecule has 3 aromatic rings. The molecule has 0 aliphatic carbocycles. The first-order chi connectivity index (χ1) is 18.9. The molecular weight excluding hydrogens is 567 g/mol. The second-order valence-electron chi connectivity index (χ2n) is 8.85. The molecule has 0 heterocycles. The Kier molecular flexibility index (Phi) is 10.2. The normalized spacial score (nSPS) is 12.4. The zero-order valence-corrected chi connectivity index (χ0v) is 23.4. The number of alkyl halides is 3. The van der Waals surface area contributed by atoms with Crippen molar-refractivity contribution in [2.24, 2.45) is 0 Å². The van der Waals surface area contributed by atoms with Gasteiger partial charge in [-0.1, -0.05) is 67.1 Å². The third-order valence-corrected chi connectivity index (χ3v) is 8.36. The van der Waals surface area contributed by atoms with Gasteiger partial charge in [0.25, 0.3) is 10.0 Å². The Labute approximate surface area is 236 Å². The number of hydrogen-bond acceptors (Lipinski definition) is 4. The van der Waals surface area contributed by atoms with Crippen LogP contribution in [0.4, 0.5) is 18.9 Å². The minimum Gasteiger partial charge on any atom is -0.357 e. The van der Waals surface area contributed by atoms with Gasteiger partial charge in [-0.2, -0.15) is 13.2 Å². The van der Waals surface area contributed by atoms with Crippen molar-refractivity contribution in [2.45, 2.75) is 36.9 Å². The Bertz CT molecular complexity index is 1420. The van der Waals surface area contributed by atoms with E-state index in [4.69, 9.17) is 11.6 Å². The highest BCUT2D eigenvalue weighted by Gasteiger charge is 2.36. The molecule has 0 saturated heterocycles. The number of nitrogens with one attached hydrogen (secondary N) is 1. The number of carbonyl (C=O) groups is 2. The maximum absolute atomic E-state index is 13.8. The van der Waals surface area contributed by atoms with Gasteiger partial charge in [0.05, 0.1) is 21.2 Å². The molecule has 0 fully saturated rings. The van der Waals surface area contributed by atoms with Gasteiger partial charge in [0.15, 0.2) is 0 Å². The van der Waals surface area contributed by atoms with E-state index < -0.39 is 51.9 Å². The summed E-state index contributed by atoms with van der Waals surface area (Å²) in [6, 6.07) is 17.5. The molecule has 0 bridgehead atoms. The quantitative estimate of drug-likeness (QED) is 0.332. The molecule has 1 N–H and O–H groups in total. The van der Waals surface area contributed by atoms with Crippen LogP contribution < -0.4 is 9.62 Å². The van der Waals surface area contributed by atoms with Crippen LogP contribution in [-0.2, 0) is 32.2 Å². The zero-order chi connectivity index (χ0) is 29.5. The fraction of sp³-hybridized carbons (Fsp3) is 0.286. The molecule has 0 saturated carbocycles. The molecule has 0 aliphatic rings. The van der Waals surface area contributed by atoms with E-state index in [2.05, 4.69) is 5.32 Å². The fourth-order valence-electron chi connectivity index (χ4n) is 4.18. The Morgan fingerprint density at radius 3 is 2.12 bits per heavy atom. The highest BCUT2D eigenvalue weighted by Crippen LogP contribution is 2.37. The number of amides is 2. The highest BCUT2D eigenvalue weighted by molar-refractivity contribution is 7.92. The molecule has 3 rings (SSSR count). The summed E-state index contributed by atoms with van der Waals surface area (Å²) in [5.41, 5.74) is -0.767. The van der Waals surface area contributed by atoms with E-state index in [9.17, 15) is 31.2 Å². The second-order valence-corrected chi connectivity index (χ2v) is 11.1.